The van der Waals surface area contributed by atoms with Crippen LogP contribution in [0.15, 0.2) is 0 Å². The molecule has 0 spiro atoms. The third kappa shape index (κ3) is 8.80. The Balaban J connectivity index is 4.31. The number of hydrogen-bond acceptors (Lipinski definition) is 4. The van der Waals surface area contributed by atoms with Gasteiger partial charge in [-0.15, -0.1) is 0 Å². The molecule has 0 rings (SSSR count). The van der Waals surface area contributed by atoms with Gasteiger partial charge in [0.1, 0.15) is 12.6 Å². The van der Waals surface area contributed by atoms with Gasteiger partial charge in [-0.1, -0.05) is 0 Å². The molecule has 0 aromatic carbocycles. The van der Waals surface area contributed by atoms with Crippen LogP contribution in [0, 0.1) is 0 Å². The maximum absolute atomic E-state index is 10.6. The molecule has 0 fully saturated rings. The highest BCUT2D eigenvalue weighted by atomic mass is 31.2. The van der Waals surface area contributed by atoms with E-state index >= 15 is 0 Å². The molecule has 10 heteroatoms. The molecule has 0 atom stereocenters. The van der Waals surface area contributed by atoms with E-state index in [2.05, 4.69) is 0 Å². The standard InChI is InChI=1S/C4H14N2O6P2/c5-1-2-6(3-13(7,8)9)4-14(10,11)12/h1-5H2,(H2,7,8,9)(H2,10,11,12). The first kappa shape index (κ1) is 14.2. The van der Waals surface area contributed by atoms with Crippen LogP contribution in [0.25, 0.3) is 0 Å². The van der Waals surface area contributed by atoms with Crippen LogP contribution in [0.5, 0.6) is 0 Å². The minimum Gasteiger partial charge on any atom is -0.329 e. The average Bonchev–Trinajstić information content (AvgIpc) is 1.78. The fraction of sp³-hybridized carbons (Fsp3) is 1.00. The van der Waals surface area contributed by atoms with Crippen LogP contribution < -0.4 is 5.73 Å². The van der Waals surface area contributed by atoms with Crippen molar-refractivity contribution < 1.29 is 28.7 Å². The second kappa shape index (κ2) is 5.34. The molecule has 0 amide bonds. The maximum atomic E-state index is 10.6. The molecule has 0 aliphatic heterocycles. The molecule has 0 aromatic rings. The van der Waals surface area contributed by atoms with Crippen LogP contribution in [0.4, 0.5) is 0 Å². The Morgan fingerprint density at radius 2 is 1.36 bits per heavy atom. The van der Waals surface area contributed by atoms with Gasteiger partial charge in [0.2, 0.25) is 0 Å². The van der Waals surface area contributed by atoms with E-state index in [1.165, 1.54) is 0 Å². The van der Waals surface area contributed by atoms with Gasteiger partial charge in [-0.25, -0.2) is 0 Å². The van der Waals surface area contributed by atoms with Crippen LogP contribution in [0.1, 0.15) is 0 Å². The quantitative estimate of drug-likeness (QED) is 0.358. The molecule has 0 radical (unpaired) electrons. The van der Waals surface area contributed by atoms with Gasteiger partial charge < -0.3 is 25.3 Å². The molecule has 0 heterocycles. The number of rotatable bonds is 6. The molecule has 0 aromatic heterocycles. The third-order valence-electron chi connectivity index (χ3n) is 1.21. The van der Waals surface area contributed by atoms with Crippen molar-refractivity contribution in [3.05, 3.63) is 0 Å². The molecule has 0 saturated carbocycles. The molecule has 6 N–H and O–H groups in total. The smallest absolute Gasteiger partial charge is 0.329 e. The minimum atomic E-state index is -4.31. The molecular formula is C4H14N2O6P2. The number of nitrogens with zero attached hydrogens (tertiary/aromatic N) is 1. The number of nitrogens with two attached hydrogens (primary N) is 1. The van der Waals surface area contributed by atoms with Gasteiger partial charge in [0.15, 0.2) is 0 Å². The summed E-state index contributed by atoms with van der Waals surface area (Å²) in [4.78, 5) is 35.3. The summed E-state index contributed by atoms with van der Waals surface area (Å²) in [5.41, 5.74) is 5.12. The highest BCUT2D eigenvalue weighted by Crippen LogP contribution is 2.40. The second-order valence-electron chi connectivity index (χ2n) is 2.80. The molecular weight excluding hydrogens is 234 g/mol. The predicted octanol–water partition coefficient (Wildman–Crippen LogP) is -1.48. The summed E-state index contributed by atoms with van der Waals surface area (Å²) in [7, 11) is -8.62. The SMILES string of the molecule is NCCN(CP(=O)(O)O)CP(=O)(O)O. The third-order valence-corrected chi connectivity index (χ3v) is 2.75. The van der Waals surface area contributed by atoms with E-state index in [9.17, 15) is 9.13 Å². The Labute approximate surface area is 81.0 Å². The van der Waals surface area contributed by atoms with Crippen molar-refractivity contribution in [2.24, 2.45) is 5.73 Å². The predicted molar refractivity (Wildman–Crippen MR) is 49.6 cm³/mol. The molecule has 86 valence electrons. The van der Waals surface area contributed by atoms with Gasteiger partial charge in [-0.05, 0) is 0 Å². The second-order valence-corrected chi connectivity index (χ2v) is 6.02. The summed E-state index contributed by atoms with van der Waals surface area (Å²) in [6.07, 6.45) is -1.40. The fourth-order valence-electron chi connectivity index (χ4n) is 0.890. The normalized spacial score (nSPS) is 13.6. The van der Waals surface area contributed by atoms with E-state index in [4.69, 9.17) is 25.3 Å². The van der Waals surface area contributed by atoms with E-state index in [-0.39, 0.29) is 13.1 Å². The molecule has 0 bridgehead atoms. The van der Waals surface area contributed by atoms with Crippen molar-refractivity contribution in [2.75, 3.05) is 25.7 Å². The first-order valence-corrected chi connectivity index (χ1v) is 7.25. The molecule has 0 aliphatic rings. The first-order valence-electron chi connectivity index (χ1n) is 3.65. The topological polar surface area (TPSA) is 144 Å². The largest absolute Gasteiger partial charge is 0.339 e. The van der Waals surface area contributed by atoms with Crippen molar-refractivity contribution >= 4 is 15.2 Å². The van der Waals surface area contributed by atoms with E-state index < -0.39 is 27.8 Å². The Morgan fingerprint density at radius 1 is 1.00 bits per heavy atom. The van der Waals surface area contributed by atoms with Crippen LogP contribution in [-0.4, -0.2) is 50.1 Å². The van der Waals surface area contributed by atoms with E-state index in [1.807, 2.05) is 0 Å². The summed E-state index contributed by atoms with van der Waals surface area (Å²) < 4.78 is 21.1. The summed E-state index contributed by atoms with van der Waals surface area (Å²) in [6, 6.07) is 0. The van der Waals surface area contributed by atoms with Gasteiger partial charge in [-0.2, -0.15) is 0 Å². The molecule has 0 saturated heterocycles. The van der Waals surface area contributed by atoms with Crippen molar-refractivity contribution in [3.8, 4) is 0 Å². The van der Waals surface area contributed by atoms with Gasteiger partial charge in [0.05, 0.1) is 0 Å². The van der Waals surface area contributed by atoms with Crippen molar-refractivity contribution in [2.45, 2.75) is 0 Å². The lowest BCUT2D eigenvalue weighted by atomic mass is 10.6. The minimum absolute atomic E-state index is 0.0240. The zero-order valence-electron chi connectivity index (χ0n) is 7.35. The summed E-state index contributed by atoms with van der Waals surface area (Å²) in [5.74, 6) is 0. The van der Waals surface area contributed by atoms with Gasteiger partial charge in [0.25, 0.3) is 0 Å². The summed E-state index contributed by atoms with van der Waals surface area (Å²) >= 11 is 0. The van der Waals surface area contributed by atoms with E-state index in [1.54, 1.807) is 0 Å². The van der Waals surface area contributed by atoms with Crippen LogP contribution in [-0.2, 0) is 9.13 Å². The fourth-order valence-corrected chi connectivity index (χ4v) is 2.57. The number of hydrogen-bond donors (Lipinski definition) is 5. The van der Waals surface area contributed by atoms with Gasteiger partial charge >= 0.3 is 15.2 Å². The van der Waals surface area contributed by atoms with Crippen molar-refractivity contribution in [1.82, 2.24) is 4.90 Å². The Morgan fingerprint density at radius 3 is 1.57 bits per heavy atom. The Kier molecular flexibility index (Phi) is 5.43. The molecule has 0 unspecified atom stereocenters. The lowest BCUT2D eigenvalue weighted by Gasteiger charge is -2.21. The highest BCUT2D eigenvalue weighted by Gasteiger charge is 2.24. The van der Waals surface area contributed by atoms with E-state index in [0.717, 1.165) is 4.90 Å². The highest BCUT2D eigenvalue weighted by molar-refractivity contribution is 7.52. The van der Waals surface area contributed by atoms with Crippen molar-refractivity contribution in [1.29, 1.82) is 0 Å². The maximum Gasteiger partial charge on any atom is 0.339 e. The summed E-state index contributed by atoms with van der Waals surface area (Å²) in [5, 5.41) is 0. The van der Waals surface area contributed by atoms with Crippen LogP contribution in [0.2, 0.25) is 0 Å². The van der Waals surface area contributed by atoms with Crippen molar-refractivity contribution in [3.63, 3.8) is 0 Å². The molecule has 8 nitrogen and oxygen atoms in total. The molecule has 0 aliphatic carbocycles. The average molecular weight is 248 g/mol. The zero-order valence-corrected chi connectivity index (χ0v) is 9.14. The monoisotopic (exact) mass is 248 g/mol. The van der Waals surface area contributed by atoms with Gasteiger partial charge in [0, 0.05) is 13.1 Å². The Hall–Kier alpha value is 0.220. The Bertz CT molecular complexity index is 235. The van der Waals surface area contributed by atoms with Gasteiger partial charge in [-0.3, -0.25) is 14.0 Å². The van der Waals surface area contributed by atoms with E-state index in [0.29, 0.717) is 0 Å². The zero-order chi connectivity index (χ0) is 11.4. The molecule has 14 heavy (non-hydrogen) atoms. The van der Waals surface area contributed by atoms with Crippen LogP contribution in [0.3, 0.4) is 0 Å². The lowest BCUT2D eigenvalue weighted by Crippen LogP contribution is -2.31. The van der Waals surface area contributed by atoms with Crippen LogP contribution >= 0.6 is 15.2 Å². The summed E-state index contributed by atoms with van der Waals surface area (Å²) in [6.45, 7) is 0.0935. The lowest BCUT2D eigenvalue weighted by molar-refractivity contribution is 0.282. The first-order chi connectivity index (χ1) is 6.14.